The summed E-state index contributed by atoms with van der Waals surface area (Å²) < 4.78 is 39.4. The second kappa shape index (κ2) is 8.10. The first kappa shape index (κ1) is 20.3. The van der Waals surface area contributed by atoms with Gasteiger partial charge >= 0.3 is 0 Å². The molecule has 5 nitrogen and oxygen atoms in total. The van der Waals surface area contributed by atoms with Gasteiger partial charge in [0.15, 0.2) is 0 Å². The number of nitrogens with one attached hydrogen (secondary N) is 1. The number of rotatable bonds is 7. The van der Waals surface area contributed by atoms with Gasteiger partial charge in [-0.2, -0.15) is 0 Å². The van der Waals surface area contributed by atoms with Crippen LogP contribution in [0.5, 0.6) is 11.5 Å². The van der Waals surface area contributed by atoms with E-state index in [-0.39, 0.29) is 10.9 Å². The molecular formula is C20H27NO4S. The number of hydrogen-bond acceptors (Lipinski definition) is 4. The van der Waals surface area contributed by atoms with Gasteiger partial charge in [-0.15, -0.1) is 0 Å². The van der Waals surface area contributed by atoms with Gasteiger partial charge in [-0.1, -0.05) is 19.1 Å². The molecule has 6 heteroatoms. The molecule has 1 atom stereocenters. The highest BCUT2D eigenvalue weighted by atomic mass is 32.2. The number of methoxy groups -OCH3 is 2. The maximum absolute atomic E-state index is 13.0. The van der Waals surface area contributed by atoms with Crippen molar-refractivity contribution in [2.45, 2.75) is 45.1 Å². The Morgan fingerprint density at radius 2 is 1.58 bits per heavy atom. The minimum absolute atomic E-state index is 0.277. The number of benzene rings is 2. The Bertz CT molecular complexity index is 891. The number of sulfonamides is 1. The Morgan fingerprint density at radius 1 is 0.962 bits per heavy atom. The quantitative estimate of drug-likeness (QED) is 0.790. The van der Waals surface area contributed by atoms with E-state index in [0.717, 1.165) is 22.4 Å². The zero-order valence-electron chi connectivity index (χ0n) is 16.2. The maximum Gasteiger partial charge on any atom is 0.241 e. The molecule has 0 saturated carbocycles. The molecule has 1 unspecified atom stereocenters. The third kappa shape index (κ3) is 4.02. The normalized spacial score (nSPS) is 12.7. The topological polar surface area (TPSA) is 64.6 Å². The molecule has 0 aliphatic rings. The SMILES string of the molecule is CCC(NS(=O)(=O)c1ccc(OC)c(C)c1C)c1ccc(OC)c(C)c1. The number of hydrogen-bond donors (Lipinski definition) is 1. The summed E-state index contributed by atoms with van der Waals surface area (Å²) in [7, 11) is -0.465. The van der Waals surface area contributed by atoms with Crippen LogP contribution in [0.3, 0.4) is 0 Å². The summed E-state index contributed by atoms with van der Waals surface area (Å²) in [6.45, 7) is 7.56. The highest BCUT2D eigenvalue weighted by Crippen LogP contribution is 2.29. The van der Waals surface area contributed by atoms with Crippen LogP contribution in [0.2, 0.25) is 0 Å². The van der Waals surface area contributed by atoms with Gasteiger partial charge in [0.25, 0.3) is 0 Å². The fourth-order valence-corrected chi connectivity index (χ4v) is 4.65. The Kier molecular flexibility index (Phi) is 6.31. The maximum atomic E-state index is 13.0. The summed E-state index contributed by atoms with van der Waals surface area (Å²) in [5, 5.41) is 0. The number of ether oxygens (including phenoxy) is 2. The zero-order valence-corrected chi connectivity index (χ0v) is 17.0. The van der Waals surface area contributed by atoms with Gasteiger partial charge in [-0.25, -0.2) is 13.1 Å². The van der Waals surface area contributed by atoms with Crippen LogP contribution in [-0.4, -0.2) is 22.6 Å². The third-order valence-corrected chi connectivity index (χ3v) is 6.34. The summed E-state index contributed by atoms with van der Waals surface area (Å²) in [5.41, 5.74) is 3.40. The molecule has 1 N–H and O–H groups in total. The van der Waals surface area contributed by atoms with E-state index in [9.17, 15) is 8.42 Å². The monoisotopic (exact) mass is 377 g/mol. The van der Waals surface area contributed by atoms with Crippen LogP contribution in [0.15, 0.2) is 35.2 Å². The number of aryl methyl sites for hydroxylation is 1. The van der Waals surface area contributed by atoms with E-state index in [0.29, 0.717) is 17.7 Å². The van der Waals surface area contributed by atoms with Crippen molar-refractivity contribution in [3.8, 4) is 11.5 Å². The predicted molar refractivity (Wildman–Crippen MR) is 104 cm³/mol. The van der Waals surface area contributed by atoms with Crippen molar-refractivity contribution >= 4 is 10.0 Å². The first-order chi connectivity index (χ1) is 12.2. The molecule has 0 aliphatic carbocycles. The van der Waals surface area contributed by atoms with E-state index >= 15 is 0 Å². The van der Waals surface area contributed by atoms with Gasteiger partial charge < -0.3 is 9.47 Å². The molecular weight excluding hydrogens is 350 g/mol. The standard InChI is InChI=1S/C20H27NO4S/c1-7-17(16-8-9-18(24-5)13(2)12-16)21-26(22,23)20-11-10-19(25-6)14(3)15(20)4/h8-12,17,21H,7H2,1-6H3. The van der Waals surface area contributed by atoms with Gasteiger partial charge in [-0.05, 0) is 67.6 Å². The molecule has 0 fully saturated rings. The van der Waals surface area contributed by atoms with Crippen molar-refractivity contribution in [1.29, 1.82) is 0 Å². The van der Waals surface area contributed by atoms with Crippen molar-refractivity contribution < 1.29 is 17.9 Å². The summed E-state index contributed by atoms with van der Waals surface area (Å²) in [6, 6.07) is 8.69. The van der Waals surface area contributed by atoms with Crippen LogP contribution >= 0.6 is 0 Å². The zero-order chi connectivity index (χ0) is 19.5. The van der Waals surface area contributed by atoms with Crippen molar-refractivity contribution in [1.82, 2.24) is 4.72 Å². The molecule has 0 aliphatic heterocycles. The van der Waals surface area contributed by atoms with E-state index in [1.807, 2.05) is 39.0 Å². The van der Waals surface area contributed by atoms with Crippen LogP contribution in [0.1, 0.15) is 41.6 Å². The molecule has 142 valence electrons. The first-order valence-electron chi connectivity index (χ1n) is 8.56. The van der Waals surface area contributed by atoms with E-state index in [4.69, 9.17) is 9.47 Å². The van der Waals surface area contributed by atoms with Crippen LogP contribution in [0.25, 0.3) is 0 Å². The molecule has 0 bridgehead atoms. The minimum Gasteiger partial charge on any atom is -0.496 e. The highest BCUT2D eigenvalue weighted by Gasteiger charge is 2.24. The molecule has 2 rings (SSSR count). The molecule has 0 aromatic heterocycles. The lowest BCUT2D eigenvalue weighted by Crippen LogP contribution is -2.29. The Labute approximate surface area is 156 Å². The van der Waals surface area contributed by atoms with Gasteiger partial charge in [-0.3, -0.25) is 0 Å². The Morgan fingerprint density at radius 3 is 2.12 bits per heavy atom. The lowest BCUT2D eigenvalue weighted by Gasteiger charge is -2.20. The molecule has 0 spiro atoms. The van der Waals surface area contributed by atoms with E-state index < -0.39 is 10.0 Å². The summed E-state index contributed by atoms with van der Waals surface area (Å²) in [6.07, 6.45) is 0.638. The molecule has 2 aromatic rings. The molecule has 0 amide bonds. The largest absolute Gasteiger partial charge is 0.496 e. The summed E-state index contributed by atoms with van der Waals surface area (Å²) in [4.78, 5) is 0.277. The molecule has 0 heterocycles. The highest BCUT2D eigenvalue weighted by molar-refractivity contribution is 7.89. The van der Waals surface area contributed by atoms with Gasteiger partial charge in [0.1, 0.15) is 11.5 Å². The summed E-state index contributed by atoms with van der Waals surface area (Å²) >= 11 is 0. The van der Waals surface area contributed by atoms with Crippen molar-refractivity contribution in [3.05, 3.63) is 52.6 Å². The smallest absolute Gasteiger partial charge is 0.241 e. The average Bonchev–Trinajstić information content (AvgIpc) is 2.61. The van der Waals surface area contributed by atoms with Gasteiger partial charge in [0.2, 0.25) is 10.0 Å². The minimum atomic E-state index is -3.66. The van der Waals surface area contributed by atoms with Crippen LogP contribution in [0, 0.1) is 20.8 Å². The molecule has 0 radical (unpaired) electrons. The van der Waals surface area contributed by atoms with E-state index in [2.05, 4.69) is 4.72 Å². The fourth-order valence-electron chi connectivity index (χ4n) is 3.04. The average molecular weight is 378 g/mol. The van der Waals surface area contributed by atoms with Gasteiger partial charge in [0, 0.05) is 6.04 Å². The van der Waals surface area contributed by atoms with Crippen molar-refractivity contribution in [2.75, 3.05) is 14.2 Å². The predicted octanol–water partition coefficient (Wildman–Crippen LogP) is 4.06. The van der Waals surface area contributed by atoms with Crippen molar-refractivity contribution in [3.63, 3.8) is 0 Å². The lowest BCUT2D eigenvalue weighted by atomic mass is 10.0. The molecule has 26 heavy (non-hydrogen) atoms. The van der Waals surface area contributed by atoms with Crippen LogP contribution in [-0.2, 0) is 10.0 Å². The van der Waals surface area contributed by atoms with Gasteiger partial charge in [0.05, 0.1) is 19.1 Å². The second-order valence-corrected chi connectivity index (χ2v) is 8.01. The Balaban J connectivity index is 2.38. The van der Waals surface area contributed by atoms with E-state index in [1.165, 1.54) is 0 Å². The van der Waals surface area contributed by atoms with Crippen LogP contribution < -0.4 is 14.2 Å². The molecule has 2 aromatic carbocycles. The van der Waals surface area contributed by atoms with Crippen LogP contribution in [0.4, 0.5) is 0 Å². The Hall–Kier alpha value is -2.05. The molecule has 0 saturated heterocycles. The van der Waals surface area contributed by atoms with Crippen molar-refractivity contribution in [2.24, 2.45) is 0 Å². The summed E-state index contributed by atoms with van der Waals surface area (Å²) in [5.74, 6) is 1.47. The van der Waals surface area contributed by atoms with E-state index in [1.54, 1.807) is 33.3 Å². The third-order valence-electron chi connectivity index (χ3n) is 4.72. The first-order valence-corrected chi connectivity index (χ1v) is 10.0. The lowest BCUT2D eigenvalue weighted by molar-refractivity contribution is 0.410. The fraction of sp³-hybridized carbons (Fsp3) is 0.400. The second-order valence-electron chi connectivity index (χ2n) is 6.33.